The summed E-state index contributed by atoms with van der Waals surface area (Å²) in [6, 6.07) is 5.97. The van der Waals surface area contributed by atoms with Crippen LogP contribution < -0.4 is 4.90 Å². The van der Waals surface area contributed by atoms with E-state index in [2.05, 4.69) is 25.8 Å². The van der Waals surface area contributed by atoms with Crippen molar-refractivity contribution in [2.75, 3.05) is 31.1 Å². The Bertz CT molecular complexity index is 1140. The Labute approximate surface area is 206 Å². The molecule has 0 unspecified atom stereocenters. The molecule has 0 amide bonds. The first-order valence-corrected chi connectivity index (χ1v) is 12.7. The van der Waals surface area contributed by atoms with E-state index in [9.17, 15) is 14.7 Å². The third kappa shape index (κ3) is 5.36. The maximum absolute atomic E-state index is 12.5. The molecule has 1 aliphatic heterocycles. The van der Waals surface area contributed by atoms with Gasteiger partial charge in [0.05, 0.1) is 23.2 Å². The second-order valence-electron chi connectivity index (χ2n) is 10.6. The van der Waals surface area contributed by atoms with Crippen molar-refractivity contribution in [3.05, 3.63) is 58.7 Å². The fourth-order valence-electron chi connectivity index (χ4n) is 5.62. The van der Waals surface area contributed by atoms with E-state index in [1.807, 2.05) is 44.4 Å². The molecule has 0 spiro atoms. The molecule has 1 N–H and O–H groups in total. The SMILES string of the molecule is CCC1=Cc2ncc(CN3CCN(c4ccc(C(=O)CC5CC(C)(O)C5)nc4)CC3)cc2CC1=O. The lowest BCUT2D eigenvalue weighted by Gasteiger charge is -2.40. The maximum atomic E-state index is 12.5. The molecule has 3 heterocycles. The molecular weight excluding hydrogens is 440 g/mol. The number of fused-ring (bicyclic) bond motifs is 1. The number of hydrogen-bond donors (Lipinski definition) is 1. The summed E-state index contributed by atoms with van der Waals surface area (Å²) in [5.41, 5.74) is 4.94. The monoisotopic (exact) mass is 474 g/mol. The van der Waals surface area contributed by atoms with Gasteiger partial charge in [-0.1, -0.05) is 13.0 Å². The predicted octanol–water partition coefficient (Wildman–Crippen LogP) is 3.45. The van der Waals surface area contributed by atoms with Crippen LogP contribution in [0.5, 0.6) is 0 Å². The Morgan fingerprint density at radius 1 is 1.14 bits per heavy atom. The van der Waals surface area contributed by atoms with Crippen LogP contribution in [0, 0.1) is 5.92 Å². The van der Waals surface area contributed by atoms with Crippen molar-refractivity contribution >= 4 is 23.3 Å². The van der Waals surface area contributed by atoms with E-state index in [1.54, 1.807) is 0 Å². The van der Waals surface area contributed by atoms with Crippen LogP contribution in [0.2, 0.25) is 0 Å². The highest BCUT2D eigenvalue weighted by molar-refractivity contribution is 6.03. The molecule has 0 atom stereocenters. The van der Waals surface area contributed by atoms with Crippen molar-refractivity contribution in [1.82, 2.24) is 14.9 Å². The minimum atomic E-state index is -0.601. The van der Waals surface area contributed by atoms with Gasteiger partial charge in [0.1, 0.15) is 5.69 Å². The molecular formula is C28H34N4O3. The molecule has 1 saturated carbocycles. The maximum Gasteiger partial charge on any atom is 0.181 e. The van der Waals surface area contributed by atoms with E-state index in [1.165, 1.54) is 0 Å². The molecule has 0 aromatic carbocycles. The molecule has 3 aliphatic rings. The van der Waals surface area contributed by atoms with Gasteiger partial charge in [0.2, 0.25) is 0 Å². The van der Waals surface area contributed by atoms with E-state index in [0.29, 0.717) is 31.4 Å². The first kappa shape index (κ1) is 23.8. The van der Waals surface area contributed by atoms with Gasteiger partial charge < -0.3 is 10.0 Å². The third-order valence-corrected chi connectivity index (χ3v) is 7.57. The highest BCUT2D eigenvalue weighted by Crippen LogP contribution is 2.39. The highest BCUT2D eigenvalue weighted by Gasteiger charge is 2.39. The number of anilines is 1. The standard InChI is InChI=1S/C28H34N4O3/c1-3-21-12-25-22(13-26(21)33)10-20(16-29-25)18-31-6-8-32(9-7-31)23-4-5-24(30-17-23)27(34)11-19-14-28(2,35)15-19/h4-5,10,12,16-17,19,35H,3,6-9,11,13-15,18H2,1-2H3. The number of pyridine rings is 2. The lowest BCUT2D eigenvalue weighted by atomic mass is 9.70. The fourth-order valence-corrected chi connectivity index (χ4v) is 5.62. The molecule has 2 aromatic rings. The van der Waals surface area contributed by atoms with Crippen LogP contribution in [0.1, 0.15) is 66.8 Å². The Balaban J connectivity index is 1.13. The largest absolute Gasteiger partial charge is 0.390 e. The van der Waals surface area contributed by atoms with Crippen LogP contribution in [-0.4, -0.2) is 63.3 Å². The van der Waals surface area contributed by atoms with Crippen molar-refractivity contribution in [3.8, 4) is 0 Å². The van der Waals surface area contributed by atoms with E-state index >= 15 is 0 Å². The molecule has 2 aliphatic carbocycles. The number of allylic oxidation sites excluding steroid dienone is 1. The first-order valence-electron chi connectivity index (χ1n) is 12.7. The number of nitrogens with zero attached hydrogens (tertiary/aromatic N) is 4. The lowest BCUT2D eigenvalue weighted by Crippen LogP contribution is -2.46. The van der Waals surface area contributed by atoms with Gasteiger partial charge in [0.25, 0.3) is 0 Å². The van der Waals surface area contributed by atoms with Crippen LogP contribution >= 0.6 is 0 Å². The molecule has 5 rings (SSSR count). The Morgan fingerprint density at radius 2 is 1.91 bits per heavy atom. The van der Waals surface area contributed by atoms with Crippen molar-refractivity contribution in [1.29, 1.82) is 0 Å². The number of ketones is 2. The quantitative estimate of drug-likeness (QED) is 0.615. The molecule has 0 radical (unpaired) electrons. The lowest BCUT2D eigenvalue weighted by molar-refractivity contribution is -0.115. The smallest absolute Gasteiger partial charge is 0.181 e. The molecule has 1 saturated heterocycles. The zero-order valence-electron chi connectivity index (χ0n) is 20.7. The number of carbonyl (C=O) groups is 2. The molecule has 0 bridgehead atoms. The molecule has 2 aromatic heterocycles. The average molecular weight is 475 g/mol. The third-order valence-electron chi connectivity index (χ3n) is 7.57. The summed E-state index contributed by atoms with van der Waals surface area (Å²) in [4.78, 5) is 38.6. The Hall–Kier alpha value is -2.90. The van der Waals surface area contributed by atoms with Gasteiger partial charge >= 0.3 is 0 Å². The van der Waals surface area contributed by atoms with E-state index in [-0.39, 0.29) is 17.5 Å². The van der Waals surface area contributed by atoms with E-state index < -0.39 is 5.60 Å². The summed E-state index contributed by atoms with van der Waals surface area (Å²) in [5.74, 6) is 0.539. The summed E-state index contributed by atoms with van der Waals surface area (Å²) >= 11 is 0. The molecule has 2 fully saturated rings. The van der Waals surface area contributed by atoms with Crippen molar-refractivity contribution in [3.63, 3.8) is 0 Å². The summed E-state index contributed by atoms with van der Waals surface area (Å²) < 4.78 is 0. The number of rotatable bonds is 7. The van der Waals surface area contributed by atoms with Gasteiger partial charge in [0.15, 0.2) is 11.6 Å². The van der Waals surface area contributed by atoms with Gasteiger partial charge in [-0.3, -0.25) is 24.5 Å². The zero-order chi connectivity index (χ0) is 24.6. The number of aliphatic hydroxyl groups is 1. The minimum absolute atomic E-state index is 0.0589. The van der Waals surface area contributed by atoms with E-state index in [4.69, 9.17) is 0 Å². The molecule has 184 valence electrons. The predicted molar refractivity (Wildman–Crippen MR) is 135 cm³/mol. The molecule has 7 nitrogen and oxygen atoms in total. The van der Waals surface area contributed by atoms with Crippen molar-refractivity contribution < 1.29 is 14.7 Å². The van der Waals surface area contributed by atoms with E-state index in [0.717, 1.165) is 67.2 Å². The fraction of sp³-hybridized carbons (Fsp3) is 0.500. The normalized spacial score (nSPS) is 24.5. The summed E-state index contributed by atoms with van der Waals surface area (Å²) in [6.45, 7) is 8.31. The van der Waals surface area contributed by atoms with Crippen LogP contribution in [0.25, 0.3) is 6.08 Å². The van der Waals surface area contributed by atoms with Crippen LogP contribution in [0.3, 0.4) is 0 Å². The van der Waals surface area contributed by atoms with Gasteiger partial charge in [-0.2, -0.15) is 0 Å². The number of piperazine rings is 1. The average Bonchev–Trinajstić information content (AvgIpc) is 2.83. The number of carbonyl (C=O) groups excluding carboxylic acids is 2. The van der Waals surface area contributed by atoms with Crippen LogP contribution in [-0.2, 0) is 17.8 Å². The summed E-state index contributed by atoms with van der Waals surface area (Å²) in [5, 5.41) is 9.87. The Kier molecular flexibility index (Phi) is 6.55. The van der Waals surface area contributed by atoms with Crippen LogP contribution in [0.4, 0.5) is 5.69 Å². The first-order chi connectivity index (χ1) is 16.8. The van der Waals surface area contributed by atoms with Gasteiger partial charge in [0, 0.05) is 51.8 Å². The Morgan fingerprint density at radius 3 is 2.57 bits per heavy atom. The summed E-state index contributed by atoms with van der Waals surface area (Å²) in [6.07, 6.45) is 8.74. The highest BCUT2D eigenvalue weighted by atomic mass is 16.3. The number of hydrogen-bond acceptors (Lipinski definition) is 7. The minimum Gasteiger partial charge on any atom is -0.390 e. The summed E-state index contributed by atoms with van der Waals surface area (Å²) in [7, 11) is 0. The second kappa shape index (κ2) is 9.63. The molecule has 7 heteroatoms. The van der Waals surface area contributed by atoms with Gasteiger partial charge in [-0.25, -0.2) is 0 Å². The topological polar surface area (TPSA) is 86.6 Å². The zero-order valence-corrected chi connectivity index (χ0v) is 20.7. The second-order valence-corrected chi connectivity index (χ2v) is 10.6. The number of aromatic nitrogens is 2. The van der Waals surface area contributed by atoms with Crippen LogP contribution in [0.15, 0.2) is 36.2 Å². The van der Waals surface area contributed by atoms with Gasteiger partial charge in [-0.05, 0) is 67.0 Å². The van der Waals surface area contributed by atoms with Crippen molar-refractivity contribution in [2.24, 2.45) is 5.92 Å². The number of Topliss-reactive ketones (excluding diaryl/α,β-unsaturated/α-hetero) is 2. The molecule has 35 heavy (non-hydrogen) atoms. The van der Waals surface area contributed by atoms with Crippen molar-refractivity contribution in [2.45, 2.75) is 58.1 Å². The van der Waals surface area contributed by atoms with Gasteiger partial charge in [-0.15, -0.1) is 0 Å².